The molecule has 0 fully saturated rings. The molecule has 0 radical (unpaired) electrons. The number of rotatable bonds is 10. The standard InChI is InChI=1S/C28H27ClF4N4O3/c1-16-12-35-25(36-8-6-7-20(26(36)39)28(4,5)27(32)33)11-23(16)37(15-38)17(2)9-24(18(3)29)40-14-22-21(31)10-19(30)13-34-22/h6-13,15,27H,14H2,1-5H3/b17-9-,24-18?. The molecule has 0 spiro atoms. The molecule has 7 nitrogen and oxygen atoms in total. The Bertz CT molecular complexity index is 1530. The highest BCUT2D eigenvalue weighted by Crippen LogP contribution is 2.29. The summed E-state index contributed by atoms with van der Waals surface area (Å²) in [7, 11) is 0. The van der Waals surface area contributed by atoms with E-state index in [0.717, 1.165) is 10.8 Å². The molecule has 0 aliphatic heterocycles. The Morgan fingerprint density at radius 1 is 1.20 bits per heavy atom. The van der Waals surface area contributed by atoms with E-state index >= 15 is 0 Å². The minimum atomic E-state index is -2.78. The number of ether oxygens (including phenoxy) is 1. The number of aryl methyl sites for hydroxylation is 1. The Labute approximate surface area is 233 Å². The first-order valence-corrected chi connectivity index (χ1v) is 12.3. The molecular weight excluding hydrogens is 552 g/mol. The summed E-state index contributed by atoms with van der Waals surface area (Å²) in [6.45, 7) is 7.01. The van der Waals surface area contributed by atoms with E-state index in [-0.39, 0.29) is 34.5 Å². The second-order valence-corrected chi connectivity index (χ2v) is 10.0. The first-order chi connectivity index (χ1) is 18.8. The predicted molar refractivity (Wildman–Crippen MR) is 143 cm³/mol. The van der Waals surface area contributed by atoms with Crippen LogP contribution in [0.3, 0.4) is 0 Å². The van der Waals surface area contributed by atoms with Gasteiger partial charge < -0.3 is 4.74 Å². The Hall–Kier alpha value is -3.99. The number of halogens is 5. The summed E-state index contributed by atoms with van der Waals surface area (Å²) in [5, 5.41) is 0.185. The van der Waals surface area contributed by atoms with Gasteiger partial charge in [-0.1, -0.05) is 31.5 Å². The van der Waals surface area contributed by atoms with E-state index in [1.165, 1.54) is 62.3 Å². The molecule has 0 aromatic carbocycles. The van der Waals surface area contributed by atoms with E-state index in [4.69, 9.17) is 16.3 Å². The summed E-state index contributed by atoms with van der Waals surface area (Å²) in [5.74, 6) is -1.52. The Kier molecular flexibility index (Phi) is 9.52. The average Bonchev–Trinajstić information content (AvgIpc) is 2.88. The van der Waals surface area contributed by atoms with Crippen molar-refractivity contribution in [3.8, 4) is 5.82 Å². The van der Waals surface area contributed by atoms with Crippen LogP contribution in [-0.2, 0) is 21.6 Å². The molecule has 1 amide bonds. The third-order valence-electron chi connectivity index (χ3n) is 6.17. The summed E-state index contributed by atoms with van der Waals surface area (Å²) in [6.07, 6.45) is 2.88. The van der Waals surface area contributed by atoms with Crippen molar-refractivity contribution < 1.29 is 27.1 Å². The number of alkyl halides is 2. The molecule has 12 heteroatoms. The van der Waals surface area contributed by atoms with Crippen LogP contribution in [0.4, 0.5) is 23.2 Å². The molecule has 3 aromatic rings. The van der Waals surface area contributed by atoms with E-state index < -0.39 is 29.0 Å². The first kappa shape index (κ1) is 30.6. The quantitative estimate of drug-likeness (QED) is 0.122. The molecule has 0 atom stereocenters. The zero-order valence-electron chi connectivity index (χ0n) is 22.4. The SMILES string of the molecule is CC(Cl)=C(/C=C(/C)N(C=O)c1cc(-n2cccc(C(C)(C)C(F)F)c2=O)ncc1C)OCc1ncc(F)cc1F. The summed E-state index contributed by atoms with van der Waals surface area (Å²) in [4.78, 5) is 34.5. The maximum atomic E-state index is 14.0. The predicted octanol–water partition coefficient (Wildman–Crippen LogP) is 6.31. The van der Waals surface area contributed by atoms with Gasteiger partial charge in [-0.15, -0.1) is 0 Å². The first-order valence-electron chi connectivity index (χ1n) is 12.0. The van der Waals surface area contributed by atoms with Gasteiger partial charge in [-0.2, -0.15) is 0 Å². The van der Waals surface area contributed by atoms with Crippen molar-refractivity contribution in [1.82, 2.24) is 14.5 Å². The topological polar surface area (TPSA) is 77.3 Å². The van der Waals surface area contributed by atoms with Crippen molar-refractivity contribution in [1.29, 1.82) is 0 Å². The third kappa shape index (κ3) is 6.59. The van der Waals surface area contributed by atoms with Crippen LogP contribution in [0.1, 0.15) is 44.5 Å². The number of aromatic nitrogens is 3. The molecule has 0 unspecified atom stereocenters. The van der Waals surface area contributed by atoms with Gasteiger partial charge in [0.15, 0.2) is 5.82 Å². The molecule has 3 heterocycles. The van der Waals surface area contributed by atoms with Gasteiger partial charge in [-0.3, -0.25) is 24.0 Å². The molecule has 0 aliphatic carbocycles. The summed E-state index contributed by atoms with van der Waals surface area (Å²) < 4.78 is 61.2. The monoisotopic (exact) mass is 578 g/mol. The van der Waals surface area contributed by atoms with Crippen LogP contribution in [0, 0.1) is 18.6 Å². The van der Waals surface area contributed by atoms with E-state index in [1.807, 2.05) is 0 Å². The fourth-order valence-corrected chi connectivity index (χ4v) is 3.81. The fourth-order valence-electron chi connectivity index (χ4n) is 3.70. The van der Waals surface area contributed by atoms with Gasteiger partial charge in [0, 0.05) is 41.9 Å². The molecular formula is C28H27ClF4N4O3. The number of anilines is 1. The Morgan fingerprint density at radius 3 is 2.50 bits per heavy atom. The summed E-state index contributed by atoms with van der Waals surface area (Å²) in [6, 6.07) is 4.97. The van der Waals surface area contributed by atoms with Gasteiger partial charge in [0.2, 0.25) is 12.8 Å². The van der Waals surface area contributed by atoms with Gasteiger partial charge in [-0.25, -0.2) is 22.5 Å². The lowest BCUT2D eigenvalue weighted by Gasteiger charge is -2.24. The maximum absolute atomic E-state index is 14.0. The van der Waals surface area contributed by atoms with Crippen molar-refractivity contribution in [2.24, 2.45) is 0 Å². The highest BCUT2D eigenvalue weighted by atomic mass is 35.5. The molecule has 0 saturated heterocycles. The summed E-state index contributed by atoms with van der Waals surface area (Å²) in [5.41, 5.74) is -1.36. The van der Waals surface area contributed by atoms with E-state index in [9.17, 15) is 27.2 Å². The maximum Gasteiger partial charge on any atom is 0.260 e. The second-order valence-electron chi connectivity index (χ2n) is 9.48. The molecule has 0 aliphatic rings. The number of hydrogen-bond acceptors (Lipinski definition) is 5. The number of nitrogens with zero attached hydrogens (tertiary/aromatic N) is 4. The number of carbonyl (C=O) groups is 1. The van der Waals surface area contributed by atoms with Crippen molar-refractivity contribution in [3.05, 3.63) is 104 Å². The van der Waals surface area contributed by atoms with Crippen molar-refractivity contribution in [2.45, 2.75) is 53.1 Å². The largest absolute Gasteiger partial charge is 0.486 e. The normalized spacial score (nSPS) is 12.8. The van der Waals surface area contributed by atoms with Crippen molar-refractivity contribution >= 4 is 23.7 Å². The van der Waals surface area contributed by atoms with Crippen LogP contribution < -0.4 is 10.5 Å². The van der Waals surface area contributed by atoms with Gasteiger partial charge >= 0.3 is 0 Å². The second kappa shape index (κ2) is 12.5. The van der Waals surface area contributed by atoms with Crippen LogP contribution in [0.5, 0.6) is 0 Å². The number of amides is 1. The van der Waals surface area contributed by atoms with Gasteiger partial charge in [0.05, 0.1) is 22.3 Å². The smallest absolute Gasteiger partial charge is 0.260 e. The number of allylic oxidation sites excluding steroid dienone is 3. The van der Waals surface area contributed by atoms with E-state index in [1.54, 1.807) is 13.8 Å². The highest BCUT2D eigenvalue weighted by molar-refractivity contribution is 6.29. The molecule has 40 heavy (non-hydrogen) atoms. The van der Waals surface area contributed by atoms with Gasteiger partial charge in [0.1, 0.15) is 29.7 Å². The minimum Gasteiger partial charge on any atom is -0.486 e. The lowest BCUT2D eigenvalue weighted by molar-refractivity contribution is -0.107. The number of pyridine rings is 3. The Balaban J connectivity index is 1.99. The van der Waals surface area contributed by atoms with Crippen LogP contribution in [0.2, 0.25) is 0 Å². The molecule has 3 rings (SSSR count). The highest BCUT2D eigenvalue weighted by Gasteiger charge is 2.34. The van der Waals surface area contributed by atoms with Crippen LogP contribution in [0.25, 0.3) is 5.82 Å². The Morgan fingerprint density at radius 2 is 1.90 bits per heavy atom. The van der Waals surface area contributed by atoms with E-state index in [2.05, 4.69) is 9.97 Å². The molecule has 0 saturated carbocycles. The van der Waals surface area contributed by atoms with E-state index in [0.29, 0.717) is 29.4 Å². The van der Waals surface area contributed by atoms with Crippen molar-refractivity contribution in [3.63, 3.8) is 0 Å². The van der Waals surface area contributed by atoms with Crippen molar-refractivity contribution in [2.75, 3.05) is 4.90 Å². The zero-order valence-corrected chi connectivity index (χ0v) is 23.1. The molecule has 212 valence electrons. The van der Waals surface area contributed by atoms with Crippen LogP contribution in [0.15, 0.2) is 70.2 Å². The average molecular weight is 579 g/mol. The van der Waals surface area contributed by atoms with Crippen LogP contribution in [-0.4, -0.2) is 27.4 Å². The molecule has 3 aromatic heterocycles. The lowest BCUT2D eigenvalue weighted by Crippen LogP contribution is -2.36. The lowest BCUT2D eigenvalue weighted by atomic mass is 9.86. The zero-order chi connectivity index (χ0) is 29.8. The number of carbonyl (C=O) groups excluding carboxylic acids is 1. The molecule has 0 bridgehead atoms. The fraction of sp³-hybridized carbons (Fsp3) is 0.286. The molecule has 0 N–H and O–H groups in total. The van der Waals surface area contributed by atoms with Gasteiger partial charge in [-0.05, 0) is 32.4 Å². The van der Waals surface area contributed by atoms with Crippen LogP contribution >= 0.6 is 11.6 Å². The number of hydrogen-bond donors (Lipinski definition) is 0. The third-order valence-corrected chi connectivity index (χ3v) is 6.35. The van der Waals surface area contributed by atoms with Gasteiger partial charge in [0.25, 0.3) is 5.56 Å². The minimum absolute atomic E-state index is 0.0890. The summed E-state index contributed by atoms with van der Waals surface area (Å²) >= 11 is 6.17.